The Kier molecular flexibility index (Phi) is 3.69. The van der Waals surface area contributed by atoms with Gasteiger partial charge in [0.15, 0.2) is 0 Å². The van der Waals surface area contributed by atoms with Gasteiger partial charge in [-0.1, -0.05) is 36.8 Å². The van der Waals surface area contributed by atoms with Crippen molar-refractivity contribution in [3.8, 4) is 0 Å². The molecule has 0 spiro atoms. The number of benzene rings is 1. The van der Waals surface area contributed by atoms with E-state index in [1.807, 2.05) is 18.2 Å². The van der Waals surface area contributed by atoms with Crippen molar-refractivity contribution in [1.29, 1.82) is 0 Å². The molecule has 1 aromatic carbocycles. The molecule has 82 valence electrons. The van der Waals surface area contributed by atoms with E-state index in [0.29, 0.717) is 5.56 Å². The van der Waals surface area contributed by atoms with E-state index in [1.54, 1.807) is 17.2 Å². The monoisotopic (exact) mass is 209 g/mol. The third-order valence-electron chi connectivity index (χ3n) is 2.62. The molecule has 1 aliphatic rings. The molecule has 2 rings (SSSR count). The molecule has 1 saturated heterocycles. The van der Waals surface area contributed by atoms with Gasteiger partial charge in [-0.05, 0) is 12.8 Å². The molecule has 0 aromatic heterocycles. The van der Waals surface area contributed by atoms with E-state index < -0.39 is 6.36 Å². The van der Waals surface area contributed by atoms with Crippen LogP contribution >= 0.6 is 0 Å². The quantitative estimate of drug-likeness (QED) is 0.758. The zero-order valence-electron chi connectivity index (χ0n) is 8.73. The van der Waals surface area contributed by atoms with Gasteiger partial charge in [-0.3, -0.25) is 4.84 Å². The van der Waals surface area contributed by atoms with Gasteiger partial charge in [0.2, 0.25) is 6.36 Å². The second-order valence-electron chi connectivity index (χ2n) is 3.82. The summed E-state index contributed by atoms with van der Waals surface area (Å²) in [6.07, 6.45) is 2.09. The van der Waals surface area contributed by atoms with E-state index >= 15 is 0 Å². The number of halogens is 1. The highest BCUT2D eigenvalue weighted by Crippen LogP contribution is 2.21. The number of nitrogens with zero attached hydrogens (tertiary/aromatic N) is 1. The summed E-state index contributed by atoms with van der Waals surface area (Å²) in [7, 11) is 0. The maximum atomic E-state index is 13.7. The van der Waals surface area contributed by atoms with Crippen LogP contribution in [0.3, 0.4) is 0 Å². The fraction of sp³-hybridized carbons (Fsp3) is 0.500. The van der Waals surface area contributed by atoms with Crippen LogP contribution in [0.5, 0.6) is 0 Å². The van der Waals surface area contributed by atoms with Crippen LogP contribution in [0, 0.1) is 0 Å². The predicted octanol–water partition coefficient (Wildman–Crippen LogP) is 3.07. The zero-order valence-corrected chi connectivity index (χ0v) is 8.73. The van der Waals surface area contributed by atoms with Crippen molar-refractivity contribution in [2.75, 3.05) is 13.1 Å². The molecule has 0 amide bonds. The van der Waals surface area contributed by atoms with Crippen LogP contribution in [0.1, 0.15) is 31.2 Å². The highest BCUT2D eigenvalue weighted by Gasteiger charge is 2.17. The Balaban J connectivity index is 1.88. The van der Waals surface area contributed by atoms with Gasteiger partial charge in [0.25, 0.3) is 0 Å². The van der Waals surface area contributed by atoms with Crippen LogP contribution < -0.4 is 0 Å². The SMILES string of the molecule is FC(ON1CCCCC1)c1ccccc1. The first kappa shape index (κ1) is 10.6. The molecule has 0 radical (unpaired) electrons. The van der Waals surface area contributed by atoms with Gasteiger partial charge in [-0.2, -0.15) is 5.06 Å². The fourth-order valence-electron chi connectivity index (χ4n) is 1.77. The van der Waals surface area contributed by atoms with Gasteiger partial charge < -0.3 is 0 Å². The summed E-state index contributed by atoms with van der Waals surface area (Å²) in [6.45, 7) is 1.68. The molecule has 15 heavy (non-hydrogen) atoms. The Hall–Kier alpha value is -0.930. The molecule has 1 atom stereocenters. The van der Waals surface area contributed by atoms with Gasteiger partial charge in [-0.15, -0.1) is 0 Å². The lowest BCUT2D eigenvalue weighted by atomic mass is 10.2. The summed E-state index contributed by atoms with van der Waals surface area (Å²) in [5.74, 6) is 0. The van der Waals surface area contributed by atoms with Crippen LogP contribution in [0.4, 0.5) is 4.39 Å². The highest BCUT2D eigenvalue weighted by molar-refractivity contribution is 5.15. The average Bonchev–Trinajstić information content (AvgIpc) is 2.31. The lowest BCUT2D eigenvalue weighted by Crippen LogP contribution is -2.30. The molecule has 1 aliphatic heterocycles. The van der Waals surface area contributed by atoms with Gasteiger partial charge >= 0.3 is 0 Å². The Morgan fingerprint density at radius 3 is 2.40 bits per heavy atom. The fourth-order valence-corrected chi connectivity index (χ4v) is 1.77. The molecule has 0 aliphatic carbocycles. The molecule has 0 saturated carbocycles. The molecule has 2 nitrogen and oxygen atoms in total. The van der Waals surface area contributed by atoms with Gasteiger partial charge in [0.05, 0.1) is 0 Å². The van der Waals surface area contributed by atoms with Crippen LogP contribution in [0.2, 0.25) is 0 Å². The number of piperidine rings is 1. The summed E-state index contributed by atoms with van der Waals surface area (Å²) in [5.41, 5.74) is 0.586. The van der Waals surface area contributed by atoms with Crippen molar-refractivity contribution in [3.05, 3.63) is 35.9 Å². The molecule has 1 unspecified atom stereocenters. The van der Waals surface area contributed by atoms with E-state index in [-0.39, 0.29) is 0 Å². The standard InChI is InChI=1S/C12H16FNO/c13-12(11-7-3-1-4-8-11)15-14-9-5-2-6-10-14/h1,3-4,7-8,12H,2,5-6,9-10H2. The van der Waals surface area contributed by atoms with E-state index in [2.05, 4.69) is 0 Å². The summed E-state index contributed by atoms with van der Waals surface area (Å²) in [4.78, 5) is 5.24. The molecular weight excluding hydrogens is 193 g/mol. The number of hydrogen-bond donors (Lipinski definition) is 0. The third-order valence-corrected chi connectivity index (χ3v) is 2.62. The topological polar surface area (TPSA) is 12.5 Å². The molecule has 0 bridgehead atoms. The Bertz CT molecular complexity index is 285. The number of rotatable bonds is 3. The highest BCUT2D eigenvalue weighted by atomic mass is 19.1. The number of hydroxylamine groups is 2. The second-order valence-corrected chi connectivity index (χ2v) is 3.82. The summed E-state index contributed by atoms with van der Waals surface area (Å²) in [5, 5.41) is 1.74. The Labute approximate surface area is 89.6 Å². The van der Waals surface area contributed by atoms with Crippen molar-refractivity contribution >= 4 is 0 Å². The van der Waals surface area contributed by atoms with Crippen molar-refractivity contribution in [2.24, 2.45) is 0 Å². The maximum absolute atomic E-state index is 13.7. The molecule has 3 heteroatoms. The largest absolute Gasteiger partial charge is 0.257 e. The minimum atomic E-state index is -1.33. The zero-order chi connectivity index (χ0) is 10.5. The normalized spacial score (nSPS) is 20.1. The van der Waals surface area contributed by atoms with Crippen LogP contribution in [0.25, 0.3) is 0 Å². The van der Waals surface area contributed by atoms with Crippen molar-refractivity contribution in [1.82, 2.24) is 5.06 Å². The van der Waals surface area contributed by atoms with E-state index in [4.69, 9.17) is 4.84 Å². The van der Waals surface area contributed by atoms with Gasteiger partial charge in [0, 0.05) is 18.7 Å². The first-order valence-corrected chi connectivity index (χ1v) is 5.47. The van der Waals surface area contributed by atoms with Crippen molar-refractivity contribution in [3.63, 3.8) is 0 Å². The minimum absolute atomic E-state index is 0.586. The van der Waals surface area contributed by atoms with E-state index in [9.17, 15) is 4.39 Å². The molecule has 1 aromatic rings. The Morgan fingerprint density at radius 1 is 1.07 bits per heavy atom. The van der Waals surface area contributed by atoms with Crippen molar-refractivity contribution in [2.45, 2.75) is 25.6 Å². The molecular formula is C12H16FNO. The van der Waals surface area contributed by atoms with Crippen LogP contribution in [-0.2, 0) is 4.84 Å². The van der Waals surface area contributed by atoms with Crippen molar-refractivity contribution < 1.29 is 9.23 Å². The van der Waals surface area contributed by atoms with Crippen LogP contribution in [0.15, 0.2) is 30.3 Å². The maximum Gasteiger partial charge on any atom is 0.243 e. The number of alkyl halides is 1. The number of hydrogen-bond acceptors (Lipinski definition) is 2. The van der Waals surface area contributed by atoms with Gasteiger partial charge in [-0.25, -0.2) is 4.39 Å². The lowest BCUT2D eigenvalue weighted by molar-refractivity contribution is -0.247. The van der Waals surface area contributed by atoms with Crippen LogP contribution in [-0.4, -0.2) is 18.2 Å². The molecule has 1 heterocycles. The summed E-state index contributed by atoms with van der Waals surface area (Å²) >= 11 is 0. The predicted molar refractivity (Wildman–Crippen MR) is 56.8 cm³/mol. The average molecular weight is 209 g/mol. The summed E-state index contributed by atoms with van der Waals surface area (Å²) < 4.78 is 13.7. The lowest BCUT2D eigenvalue weighted by Gasteiger charge is -2.27. The third kappa shape index (κ3) is 3.01. The first-order chi connectivity index (χ1) is 7.36. The first-order valence-electron chi connectivity index (χ1n) is 5.47. The summed E-state index contributed by atoms with van der Waals surface area (Å²) in [6, 6.07) is 9.00. The second kappa shape index (κ2) is 5.24. The van der Waals surface area contributed by atoms with E-state index in [1.165, 1.54) is 6.42 Å². The molecule has 0 N–H and O–H groups in total. The Morgan fingerprint density at radius 2 is 1.73 bits per heavy atom. The minimum Gasteiger partial charge on any atom is -0.257 e. The smallest absolute Gasteiger partial charge is 0.243 e. The van der Waals surface area contributed by atoms with Gasteiger partial charge in [0.1, 0.15) is 0 Å². The molecule has 1 fully saturated rings. The van der Waals surface area contributed by atoms with E-state index in [0.717, 1.165) is 25.9 Å².